The molecule has 0 saturated carbocycles. The van der Waals surface area contributed by atoms with Crippen LogP contribution in [0.3, 0.4) is 0 Å². The van der Waals surface area contributed by atoms with E-state index in [0.717, 1.165) is 11.1 Å². The number of fused-ring (bicyclic) bond motifs is 1. The van der Waals surface area contributed by atoms with Crippen molar-refractivity contribution in [3.8, 4) is 34.5 Å². The first-order chi connectivity index (χ1) is 17.3. The number of phenols is 6. The zero-order valence-electron chi connectivity index (χ0n) is 19.4. The predicted octanol–water partition coefficient (Wildman–Crippen LogP) is 5.32. The van der Waals surface area contributed by atoms with E-state index in [4.69, 9.17) is 4.74 Å². The van der Waals surface area contributed by atoms with Crippen LogP contribution < -0.4 is 0 Å². The fourth-order valence-corrected chi connectivity index (χ4v) is 5.61. The van der Waals surface area contributed by atoms with Crippen LogP contribution in [0.25, 0.3) is 0 Å². The molecule has 0 heterocycles. The third-order valence-corrected chi connectivity index (χ3v) is 6.95. The van der Waals surface area contributed by atoms with E-state index in [2.05, 4.69) is 0 Å². The molecular weight excluding hydrogens is 460 g/mol. The van der Waals surface area contributed by atoms with E-state index in [1.807, 2.05) is 0 Å². The maximum absolute atomic E-state index is 11.1. The maximum Gasteiger partial charge on any atom is 0.123 e. The van der Waals surface area contributed by atoms with Gasteiger partial charge in [-0.25, -0.2) is 0 Å². The minimum absolute atomic E-state index is 0.0969. The molecule has 36 heavy (non-hydrogen) atoms. The largest absolute Gasteiger partial charge is 0.508 e. The lowest BCUT2D eigenvalue weighted by atomic mass is 9.75. The van der Waals surface area contributed by atoms with Gasteiger partial charge in [0.1, 0.15) is 34.5 Å². The molecule has 0 unspecified atom stereocenters. The standard InChI is InChI=1S/C29H26O7/c1-36-29(16-4-8-19(31)9-5-16)28-23-13-22(34)14-24(35)27(23)26(17-10-20(32)12-21(33)11-17)25(28)15-2-6-18(30)7-3-15/h2-14,25-26,28-35H,1H3/t25-,26-,28+,29+/m0/s1. The molecule has 0 radical (unpaired) electrons. The highest BCUT2D eigenvalue weighted by Crippen LogP contribution is 2.62. The van der Waals surface area contributed by atoms with Crippen LogP contribution in [-0.4, -0.2) is 37.7 Å². The summed E-state index contributed by atoms with van der Waals surface area (Å²) in [4.78, 5) is 0. The lowest BCUT2D eigenvalue weighted by molar-refractivity contribution is 0.0718. The van der Waals surface area contributed by atoms with E-state index in [-0.39, 0.29) is 34.5 Å². The Labute approximate surface area is 207 Å². The van der Waals surface area contributed by atoms with Gasteiger partial charge in [-0.1, -0.05) is 24.3 Å². The minimum Gasteiger partial charge on any atom is -0.508 e. The van der Waals surface area contributed by atoms with Gasteiger partial charge >= 0.3 is 0 Å². The summed E-state index contributed by atoms with van der Waals surface area (Å²) >= 11 is 0. The minimum atomic E-state index is -0.555. The van der Waals surface area contributed by atoms with E-state index < -0.39 is 23.9 Å². The summed E-state index contributed by atoms with van der Waals surface area (Å²) in [5.41, 5.74) is 3.36. The molecule has 0 bridgehead atoms. The van der Waals surface area contributed by atoms with Crippen LogP contribution >= 0.6 is 0 Å². The molecule has 0 saturated heterocycles. The molecular formula is C29H26O7. The summed E-state index contributed by atoms with van der Waals surface area (Å²) < 4.78 is 6.01. The first kappa shape index (κ1) is 23.4. The number of aromatic hydroxyl groups is 6. The van der Waals surface area contributed by atoms with Crippen molar-refractivity contribution in [3.63, 3.8) is 0 Å². The third kappa shape index (κ3) is 4.03. The maximum atomic E-state index is 11.1. The topological polar surface area (TPSA) is 131 Å². The van der Waals surface area contributed by atoms with Gasteiger partial charge in [-0.2, -0.15) is 0 Å². The van der Waals surface area contributed by atoms with Crippen molar-refractivity contribution in [3.05, 3.63) is 107 Å². The summed E-state index contributed by atoms with van der Waals surface area (Å²) in [5, 5.41) is 61.9. The van der Waals surface area contributed by atoms with Gasteiger partial charge in [0.15, 0.2) is 0 Å². The van der Waals surface area contributed by atoms with Crippen molar-refractivity contribution in [2.75, 3.05) is 7.11 Å². The number of benzene rings is 4. The number of hydrogen-bond acceptors (Lipinski definition) is 7. The normalized spacial score (nSPS) is 19.6. The van der Waals surface area contributed by atoms with E-state index in [9.17, 15) is 30.6 Å². The van der Waals surface area contributed by atoms with E-state index >= 15 is 0 Å². The highest BCUT2D eigenvalue weighted by atomic mass is 16.5. The van der Waals surface area contributed by atoms with Crippen molar-refractivity contribution in [1.29, 1.82) is 0 Å². The fraction of sp³-hybridized carbons (Fsp3) is 0.172. The molecule has 1 aliphatic carbocycles. The van der Waals surface area contributed by atoms with Gasteiger partial charge in [-0.15, -0.1) is 0 Å². The molecule has 5 rings (SSSR count). The Morgan fingerprint density at radius 3 is 1.75 bits per heavy atom. The molecule has 4 atom stereocenters. The highest BCUT2D eigenvalue weighted by Gasteiger charge is 2.48. The average Bonchev–Trinajstić information content (AvgIpc) is 3.16. The first-order valence-corrected chi connectivity index (χ1v) is 11.5. The molecule has 4 aromatic carbocycles. The van der Waals surface area contributed by atoms with Crippen LogP contribution in [0, 0.1) is 0 Å². The summed E-state index contributed by atoms with van der Waals surface area (Å²) in [6.45, 7) is 0. The van der Waals surface area contributed by atoms with Crippen LogP contribution in [0.4, 0.5) is 0 Å². The molecule has 7 heteroatoms. The lowest BCUT2D eigenvalue weighted by Crippen LogP contribution is -2.19. The summed E-state index contributed by atoms with van der Waals surface area (Å²) in [6.07, 6.45) is -0.555. The summed E-state index contributed by atoms with van der Waals surface area (Å²) in [7, 11) is 1.57. The zero-order valence-corrected chi connectivity index (χ0v) is 19.4. The van der Waals surface area contributed by atoms with Crippen molar-refractivity contribution < 1.29 is 35.4 Å². The zero-order chi connectivity index (χ0) is 25.6. The number of ether oxygens (including phenoxy) is 1. The highest BCUT2D eigenvalue weighted by molar-refractivity contribution is 5.61. The summed E-state index contributed by atoms with van der Waals surface area (Å²) in [5.74, 6) is -1.65. The van der Waals surface area contributed by atoms with E-state index in [1.165, 1.54) is 12.1 Å². The second-order valence-electron chi connectivity index (χ2n) is 9.12. The molecule has 0 aliphatic heterocycles. The molecule has 7 nitrogen and oxygen atoms in total. The van der Waals surface area contributed by atoms with Gasteiger partial charge in [0.05, 0.1) is 6.10 Å². The number of rotatable bonds is 5. The van der Waals surface area contributed by atoms with E-state index in [0.29, 0.717) is 16.7 Å². The molecule has 0 aromatic heterocycles. The number of methoxy groups -OCH3 is 1. The molecule has 0 fully saturated rings. The van der Waals surface area contributed by atoms with Gasteiger partial charge in [0, 0.05) is 42.6 Å². The first-order valence-electron chi connectivity index (χ1n) is 11.5. The van der Waals surface area contributed by atoms with Crippen LogP contribution in [0.2, 0.25) is 0 Å². The molecule has 1 aliphatic rings. The smallest absolute Gasteiger partial charge is 0.123 e. The molecule has 6 N–H and O–H groups in total. The third-order valence-electron chi connectivity index (χ3n) is 6.95. The second kappa shape index (κ2) is 9.02. The van der Waals surface area contributed by atoms with Crippen molar-refractivity contribution >= 4 is 0 Å². The van der Waals surface area contributed by atoms with Gasteiger partial charge in [0.25, 0.3) is 0 Å². The predicted molar refractivity (Wildman–Crippen MR) is 133 cm³/mol. The quantitative estimate of drug-likeness (QED) is 0.225. The van der Waals surface area contributed by atoms with Crippen LogP contribution in [0.1, 0.15) is 51.7 Å². The Balaban J connectivity index is 1.80. The fourth-order valence-electron chi connectivity index (χ4n) is 5.61. The second-order valence-corrected chi connectivity index (χ2v) is 9.12. The Kier molecular flexibility index (Phi) is 5.86. The Morgan fingerprint density at radius 2 is 1.17 bits per heavy atom. The SMILES string of the molecule is CO[C@H](c1ccc(O)cc1)[C@@H]1c2cc(O)cc(O)c2[C@@H](c2cc(O)cc(O)c2)[C@@H]1c1ccc(O)cc1. The van der Waals surface area contributed by atoms with Gasteiger partial charge in [-0.3, -0.25) is 0 Å². The molecule has 0 spiro atoms. The van der Waals surface area contributed by atoms with Crippen molar-refractivity contribution in [1.82, 2.24) is 0 Å². The average molecular weight is 487 g/mol. The Hall–Kier alpha value is -4.36. The number of phenolic OH excluding ortho intramolecular Hbond substituents is 6. The van der Waals surface area contributed by atoms with Gasteiger partial charge in [0.2, 0.25) is 0 Å². The van der Waals surface area contributed by atoms with Gasteiger partial charge < -0.3 is 35.4 Å². The summed E-state index contributed by atoms with van der Waals surface area (Å²) in [6, 6.07) is 20.6. The molecule has 184 valence electrons. The Bertz CT molecular complexity index is 1380. The van der Waals surface area contributed by atoms with E-state index in [1.54, 1.807) is 73.8 Å². The van der Waals surface area contributed by atoms with Crippen molar-refractivity contribution in [2.45, 2.75) is 23.9 Å². The van der Waals surface area contributed by atoms with Crippen molar-refractivity contribution in [2.24, 2.45) is 0 Å². The van der Waals surface area contributed by atoms with Crippen LogP contribution in [0.5, 0.6) is 34.5 Å². The van der Waals surface area contributed by atoms with Crippen LogP contribution in [0.15, 0.2) is 78.9 Å². The monoisotopic (exact) mass is 486 g/mol. The Morgan fingerprint density at radius 1 is 0.611 bits per heavy atom. The lowest BCUT2D eigenvalue weighted by Gasteiger charge is -2.32. The van der Waals surface area contributed by atoms with Gasteiger partial charge in [-0.05, 0) is 64.7 Å². The number of hydrogen-bond donors (Lipinski definition) is 6. The van der Waals surface area contributed by atoms with Crippen LogP contribution in [-0.2, 0) is 4.74 Å². The molecule has 0 amide bonds. The molecule has 4 aromatic rings.